The van der Waals surface area contributed by atoms with Gasteiger partial charge in [0.05, 0.1) is 23.9 Å². The van der Waals surface area contributed by atoms with E-state index in [1.165, 1.54) is 23.4 Å². The van der Waals surface area contributed by atoms with Crippen molar-refractivity contribution in [2.24, 2.45) is 10.2 Å². The summed E-state index contributed by atoms with van der Waals surface area (Å²) in [6.07, 6.45) is 4.48. The molecule has 0 unspecified atom stereocenters. The average molecular weight is 636 g/mol. The molecule has 0 atom stereocenters. The Bertz CT molecular complexity index is 1740. The van der Waals surface area contributed by atoms with Gasteiger partial charge in [-0.05, 0) is 85.4 Å². The molecule has 1 aromatic heterocycles. The van der Waals surface area contributed by atoms with E-state index in [9.17, 15) is 14.7 Å². The van der Waals surface area contributed by atoms with Crippen LogP contribution in [0.1, 0.15) is 22.5 Å². The fourth-order valence-electron chi connectivity index (χ4n) is 3.93. The Kier molecular flexibility index (Phi) is 9.51. The summed E-state index contributed by atoms with van der Waals surface area (Å²) in [5.41, 5.74) is 2.60. The lowest BCUT2D eigenvalue weighted by Gasteiger charge is -2.13. The maximum absolute atomic E-state index is 13.5. The molecule has 2 amide bonds. The van der Waals surface area contributed by atoms with Crippen molar-refractivity contribution >= 4 is 69.9 Å². The lowest BCUT2D eigenvalue weighted by atomic mass is 10.2. The number of thioether (sulfide) groups is 1. The van der Waals surface area contributed by atoms with Gasteiger partial charge in [-0.1, -0.05) is 40.9 Å². The van der Waals surface area contributed by atoms with Crippen LogP contribution < -0.4 is 10.1 Å². The van der Waals surface area contributed by atoms with Crippen LogP contribution in [0.25, 0.3) is 6.08 Å². The van der Waals surface area contributed by atoms with E-state index < -0.39 is 0 Å². The molecule has 5 rings (SSSR count). The molecule has 43 heavy (non-hydrogen) atoms. The van der Waals surface area contributed by atoms with Gasteiger partial charge in [-0.25, -0.2) is 0 Å². The fourth-order valence-corrected chi connectivity index (χ4v) is 5.22. The Balaban J connectivity index is 1.38. The number of phenolic OH excluding ortho intramolecular Hbond substituents is 1. The number of aromatic hydroxyl groups is 1. The molecule has 0 spiro atoms. The standard InChI is InChI=1S/C31H24Cl2N4O5S/c1-19-4-8-24(9-5-19)35-29(39)18-42-27-11-7-23(33)13-20(27)15-28-30(40)37(17-25-3-2-12-41-25)31(43-28)36-34-16-21-14-22(32)6-10-26(21)38/h2-16,38H,17-18H2,1H3,(H,35,39)/b28-15-,34-16-,36-31+. The first-order valence-corrected chi connectivity index (χ1v) is 14.4. The summed E-state index contributed by atoms with van der Waals surface area (Å²) in [6.45, 7) is 1.82. The van der Waals surface area contributed by atoms with Gasteiger partial charge in [-0.15, -0.1) is 5.10 Å². The number of carbonyl (C=O) groups excluding carboxylic acids is 2. The zero-order valence-corrected chi connectivity index (χ0v) is 25.0. The van der Waals surface area contributed by atoms with Crippen LogP contribution in [-0.4, -0.2) is 39.8 Å². The van der Waals surface area contributed by atoms with E-state index in [1.807, 2.05) is 31.2 Å². The molecule has 0 bridgehead atoms. The summed E-state index contributed by atoms with van der Waals surface area (Å²) in [5, 5.41) is 22.3. The second-order valence-corrected chi connectivity index (χ2v) is 11.2. The van der Waals surface area contributed by atoms with E-state index in [0.717, 1.165) is 17.3 Å². The molecule has 1 saturated heterocycles. The molecule has 3 aromatic carbocycles. The highest BCUT2D eigenvalue weighted by Crippen LogP contribution is 2.36. The van der Waals surface area contributed by atoms with E-state index in [4.69, 9.17) is 32.4 Å². The lowest BCUT2D eigenvalue weighted by molar-refractivity contribution is -0.122. The zero-order valence-electron chi connectivity index (χ0n) is 22.7. The van der Waals surface area contributed by atoms with Crippen molar-refractivity contribution in [1.82, 2.24) is 4.90 Å². The largest absolute Gasteiger partial charge is 0.507 e. The number of ether oxygens (including phenoxy) is 1. The van der Waals surface area contributed by atoms with Crippen LogP contribution in [-0.2, 0) is 16.1 Å². The molecule has 4 aromatic rings. The number of hydrogen-bond donors (Lipinski definition) is 2. The van der Waals surface area contributed by atoms with Crippen LogP contribution in [0, 0.1) is 6.92 Å². The summed E-state index contributed by atoms with van der Waals surface area (Å²) >= 11 is 13.4. The molecular formula is C31H24Cl2N4O5S. The third-order valence-electron chi connectivity index (χ3n) is 6.06. The zero-order chi connectivity index (χ0) is 30.3. The Morgan fingerprint density at radius 3 is 2.56 bits per heavy atom. The number of rotatable bonds is 9. The van der Waals surface area contributed by atoms with E-state index in [-0.39, 0.29) is 35.9 Å². The number of amides is 2. The average Bonchev–Trinajstić information content (AvgIpc) is 3.60. The third-order valence-corrected chi connectivity index (χ3v) is 7.53. The van der Waals surface area contributed by atoms with Gasteiger partial charge in [0, 0.05) is 26.9 Å². The van der Waals surface area contributed by atoms with Gasteiger partial charge in [0.15, 0.2) is 11.8 Å². The van der Waals surface area contributed by atoms with Gasteiger partial charge in [0.25, 0.3) is 11.8 Å². The van der Waals surface area contributed by atoms with Crippen molar-refractivity contribution in [1.29, 1.82) is 0 Å². The van der Waals surface area contributed by atoms with Gasteiger partial charge in [0.2, 0.25) is 0 Å². The monoisotopic (exact) mass is 634 g/mol. The van der Waals surface area contributed by atoms with E-state index >= 15 is 0 Å². The van der Waals surface area contributed by atoms with Gasteiger partial charge < -0.3 is 19.6 Å². The second-order valence-electron chi connectivity index (χ2n) is 9.30. The summed E-state index contributed by atoms with van der Waals surface area (Å²) in [5.74, 6) is 0.209. The molecule has 12 heteroatoms. The van der Waals surface area contributed by atoms with Gasteiger partial charge in [0.1, 0.15) is 17.3 Å². The van der Waals surface area contributed by atoms with Crippen LogP contribution in [0.2, 0.25) is 10.0 Å². The first kappa shape index (κ1) is 30.0. The minimum absolute atomic E-state index is 0.0161. The number of nitrogens with one attached hydrogen (secondary N) is 1. The van der Waals surface area contributed by atoms with E-state index in [0.29, 0.717) is 43.3 Å². The summed E-state index contributed by atoms with van der Waals surface area (Å²) in [6, 6.07) is 20.3. The number of hydrogen-bond acceptors (Lipinski definition) is 8. The number of furan rings is 1. The number of aryl methyl sites for hydroxylation is 1. The van der Waals surface area contributed by atoms with Crippen LogP contribution in [0.3, 0.4) is 0 Å². The molecular weight excluding hydrogens is 611 g/mol. The lowest BCUT2D eigenvalue weighted by Crippen LogP contribution is -2.28. The number of nitrogens with zero attached hydrogens (tertiary/aromatic N) is 3. The number of phenols is 1. The summed E-state index contributed by atoms with van der Waals surface area (Å²) in [7, 11) is 0. The molecule has 9 nitrogen and oxygen atoms in total. The van der Waals surface area contributed by atoms with Crippen LogP contribution in [0.5, 0.6) is 11.5 Å². The SMILES string of the molecule is Cc1ccc(NC(=O)COc2ccc(Cl)cc2/C=C2\S/C(=N/N=C\c3cc(Cl)ccc3O)N(Cc3ccco3)C2=O)cc1. The Hall–Kier alpha value is -4.51. The quantitative estimate of drug-likeness (QED) is 0.115. The van der Waals surface area contributed by atoms with Crippen molar-refractivity contribution in [3.8, 4) is 11.5 Å². The number of halogens is 2. The Morgan fingerprint density at radius 2 is 1.81 bits per heavy atom. The molecule has 1 aliphatic rings. The number of benzene rings is 3. The maximum Gasteiger partial charge on any atom is 0.267 e. The van der Waals surface area contributed by atoms with Crippen LogP contribution >= 0.6 is 35.0 Å². The molecule has 0 saturated carbocycles. The summed E-state index contributed by atoms with van der Waals surface area (Å²) < 4.78 is 11.3. The Labute approximate surface area is 261 Å². The highest BCUT2D eigenvalue weighted by Gasteiger charge is 2.34. The van der Waals surface area contributed by atoms with Crippen molar-refractivity contribution in [2.45, 2.75) is 13.5 Å². The highest BCUT2D eigenvalue weighted by molar-refractivity contribution is 8.18. The predicted molar refractivity (Wildman–Crippen MR) is 170 cm³/mol. The van der Waals surface area contributed by atoms with Gasteiger partial charge in [-0.2, -0.15) is 5.10 Å². The van der Waals surface area contributed by atoms with E-state index in [1.54, 1.807) is 48.5 Å². The third kappa shape index (κ3) is 7.86. The minimum atomic E-state index is -0.344. The van der Waals surface area contributed by atoms with Crippen molar-refractivity contribution in [3.05, 3.63) is 116 Å². The highest BCUT2D eigenvalue weighted by atomic mass is 35.5. The first-order valence-electron chi connectivity index (χ1n) is 12.9. The fraction of sp³-hybridized carbons (Fsp3) is 0.0968. The molecule has 2 heterocycles. The van der Waals surface area contributed by atoms with Gasteiger partial charge >= 0.3 is 0 Å². The van der Waals surface area contributed by atoms with Crippen molar-refractivity contribution in [3.63, 3.8) is 0 Å². The molecule has 2 N–H and O–H groups in total. The van der Waals surface area contributed by atoms with Crippen molar-refractivity contribution < 1.29 is 23.8 Å². The first-order chi connectivity index (χ1) is 20.7. The molecule has 1 aliphatic heterocycles. The van der Waals surface area contributed by atoms with Gasteiger partial charge in [-0.3, -0.25) is 14.5 Å². The minimum Gasteiger partial charge on any atom is -0.507 e. The number of carbonyl (C=O) groups is 2. The molecule has 0 aliphatic carbocycles. The van der Waals surface area contributed by atoms with Crippen LogP contribution in [0.15, 0.2) is 98.6 Å². The smallest absolute Gasteiger partial charge is 0.267 e. The molecule has 0 radical (unpaired) electrons. The van der Waals surface area contributed by atoms with Crippen molar-refractivity contribution in [2.75, 3.05) is 11.9 Å². The number of anilines is 1. The predicted octanol–water partition coefficient (Wildman–Crippen LogP) is 7.12. The maximum atomic E-state index is 13.5. The second kappa shape index (κ2) is 13.6. The molecule has 218 valence electrons. The van der Waals surface area contributed by atoms with E-state index in [2.05, 4.69) is 15.5 Å². The summed E-state index contributed by atoms with van der Waals surface area (Å²) in [4.78, 5) is 27.8. The Morgan fingerprint density at radius 1 is 1.07 bits per heavy atom. The molecule has 1 fully saturated rings. The normalized spacial score (nSPS) is 15.1. The topological polar surface area (TPSA) is 117 Å². The van der Waals surface area contributed by atoms with Crippen LogP contribution in [0.4, 0.5) is 5.69 Å². The number of amidine groups is 1.